The van der Waals surface area contributed by atoms with Gasteiger partial charge in [0.1, 0.15) is 42.9 Å². The van der Waals surface area contributed by atoms with Crippen LogP contribution in [0.3, 0.4) is 0 Å². The van der Waals surface area contributed by atoms with E-state index in [-0.39, 0.29) is 102 Å². The number of benzene rings is 5. The molecule has 8 heterocycles. The van der Waals surface area contributed by atoms with Crippen molar-refractivity contribution in [3.05, 3.63) is 192 Å². The number of nitrogens with one attached hydrogen (secondary N) is 3. The van der Waals surface area contributed by atoms with E-state index < -0.39 is 0 Å². The fraction of sp³-hybridized carbons (Fsp3) is 0.429. The molecule has 7 aliphatic rings. The van der Waals surface area contributed by atoms with E-state index in [1.807, 2.05) is 60.0 Å². The van der Waals surface area contributed by atoms with Crippen molar-refractivity contribution in [3.8, 4) is 5.75 Å². The zero-order valence-electron chi connectivity index (χ0n) is 58.8. The number of hydrogen-bond acceptors (Lipinski definition) is 15. The Morgan fingerprint density at radius 1 is 0.534 bits per heavy atom. The zero-order valence-corrected chi connectivity index (χ0v) is 63.5. The summed E-state index contributed by atoms with van der Waals surface area (Å²) >= 11 is 18.4. The van der Waals surface area contributed by atoms with E-state index in [1.54, 1.807) is 101 Å². The molecule has 103 heavy (non-hydrogen) atoms. The van der Waals surface area contributed by atoms with E-state index in [0.29, 0.717) is 129 Å². The third-order valence-corrected chi connectivity index (χ3v) is 19.7. The van der Waals surface area contributed by atoms with E-state index >= 15 is 0 Å². The van der Waals surface area contributed by atoms with Crippen LogP contribution in [0.2, 0.25) is 10.0 Å². The molecule has 7 aliphatic heterocycles. The predicted molar refractivity (Wildman–Crippen MR) is 400 cm³/mol. The first-order chi connectivity index (χ1) is 49.4. The molecular weight excluding hydrogens is 1490 g/mol. The molecule has 0 unspecified atom stereocenters. The van der Waals surface area contributed by atoms with Gasteiger partial charge in [-0.15, -0.1) is 0 Å². The molecule has 22 nitrogen and oxygen atoms in total. The standard InChI is InChI=1S/C25H27ClN2O4.C19H17BrClNO2.C18H19BrN2O2.C6H11NO2.C5H9NO2.C4H7NO2/c1-16(2)22-15-32-25(31)28(22)21-9-5-19(6-10-21)24(30)27-13-11-18(12-14-27)23(29)17-3-7-20(26)8-4-17;20-16-5-1-15(2-6-16)19(24)22-11-9-14(10-12-22)18(23)13-3-7-17(21)8-4-13;1-13-2-5-15(6-3-13)23-16-8-10-21(11-9-16)18(22)14-4-7-17(19)20-12-14;1-2-3-5-4-9-6(8)7-5;1-2-4-3-8-5(7)6-4;1-3-2-7-4(6)5-3/h3-10,16,18,22H,11-15H2,1-2H3;1-8,14H,9-12H2;2-7,12,16H,8-11H2,1H3;5H,2-4H2,1H3,(H,7,8);4H,2-3H2,1H3,(H,6,7);3H,2H2,1H3,(H,5,6)/t22-;;;5-;4-;3-/m0..111/s1. The van der Waals surface area contributed by atoms with Gasteiger partial charge in [-0.2, -0.15) is 0 Å². The predicted octanol–water partition coefficient (Wildman–Crippen LogP) is 15.2. The summed E-state index contributed by atoms with van der Waals surface area (Å²) in [5, 5.41) is 9.12. The number of anilines is 1. The summed E-state index contributed by atoms with van der Waals surface area (Å²) in [6.07, 6.45) is 8.02. The summed E-state index contributed by atoms with van der Waals surface area (Å²) < 4.78 is 26.7. The molecule has 1 aromatic heterocycles. The molecule has 13 rings (SSSR count). The van der Waals surface area contributed by atoms with Crippen LogP contribution in [0, 0.1) is 24.7 Å². The van der Waals surface area contributed by atoms with Gasteiger partial charge in [0.15, 0.2) is 11.6 Å². The molecule has 0 bridgehead atoms. The highest BCUT2D eigenvalue weighted by atomic mass is 79.9. The van der Waals surface area contributed by atoms with Crippen LogP contribution in [0.1, 0.15) is 150 Å². The van der Waals surface area contributed by atoms with Crippen molar-refractivity contribution in [3.63, 3.8) is 0 Å². The number of ketones is 2. The van der Waals surface area contributed by atoms with Crippen molar-refractivity contribution < 1.29 is 66.8 Å². The molecule has 7 saturated heterocycles. The van der Waals surface area contributed by atoms with Crippen LogP contribution in [0.15, 0.2) is 149 Å². The molecule has 550 valence electrons. The minimum Gasteiger partial charge on any atom is -0.490 e. The number of nitrogens with zero attached hydrogens (tertiary/aromatic N) is 5. The number of Topliss-reactive ketones (excluding diaryl/α,β-unsaturated/α-hetero) is 2. The number of aryl methyl sites for hydroxylation is 1. The smallest absolute Gasteiger partial charge is 0.414 e. The van der Waals surface area contributed by atoms with E-state index in [9.17, 15) is 43.2 Å². The third kappa shape index (κ3) is 24.5. The topological polar surface area (TPSA) is 262 Å². The highest BCUT2D eigenvalue weighted by Crippen LogP contribution is 2.30. The maximum absolute atomic E-state index is 13.0. The molecule has 26 heteroatoms. The second kappa shape index (κ2) is 39.9. The molecule has 0 radical (unpaired) electrons. The minimum absolute atomic E-state index is 0.0127. The number of carbonyl (C=O) groups excluding carboxylic acids is 9. The number of alkyl carbamates (subject to hydrolysis) is 3. The monoisotopic (exact) mass is 1580 g/mol. The van der Waals surface area contributed by atoms with E-state index in [0.717, 1.165) is 52.6 Å². The minimum atomic E-state index is -0.352. The number of rotatable bonds is 14. The molecule has 7 fully saturated rings. The van der Waals surface area contributed by atoms with Crippen molar-refractivity contribution in [1.29, 1.82) is 0 Å². The average molecular weight is 1580 g/mol. The number of carbonyl (C=O) groups is 9. The van der Waals surface area contributed by atoms with E-state index in [2.05, 4.69) is 107 Å². The third-order valence-electron chi connectivity index (χ3n) is 18.2. The van der Waals surface area contributed by atoms with Gasteiger partial charge in [-0.1, -0.05) is 90.9 Å². The Kier molecular flexibility index (Phi) is 31.0. The SMILES string of the molecule is CC(C)[C@@H]1COC(=O)N1c1ccc(C(=O)N2CCC(C(=O)c3ccc(Cl)cc3)CC2)cc1.CCC[C@@H]1COC(=O)N1.CC[C@@H]1COC(=O)N1.C[C@@H]1COC(=O)N1.Cc1ccc(OC2CCN(C(=O)c3ccc(Br)nc3)CC2)cc1.O=C(c1ccc(Cl)cc1)C1CCN(C(=O)c2ccc(Br)cc2)CC1. The number of piperidine rings is 3. The molecule has 0 aliphatic carbocycles. The summed E-state index contributed by atoms with van der Waals surface area (Å²) in [6, 6.07) is 40.8. The Morgan fingerprint density at radius 2 is 0.971 bits per heavy atom. The Labute approximate surface area is 628 Å². The van der Waals surface area contributed by atoms with Gasteiger partial charge in [-0.05, 0) is 196 Å². The average Bonchev–Trinajstić information content (AvgIpc) is 1.77. The number of pyridine rings is 1. The first-order valence-corrected chi connectivity index (χ1v) is 37.2. The largest absolute Gasteiger partial charge is 0.490 e. The quantitative estimate of drug-likeness (QED) is 0.0520. The molecule has 0 saturated carbocycles. The van der Waals surface area contributed by atoms with Gasteiger partial charge in [0.25, 0.3) is 17.7 Å². The van der Waals surface area contributed by atoms with Crippen LogP contribution in [0.25, 0.3) is 0 Å². The van der Waals surface area contributed by atoms with Gasteiger partial charge in [-0.25, -0.2) is 24.2 Å². The number of likely N-dealkylation sites (tertiary alicyclic amines) is 3. The molecule has 7 amide bonds. The van der Waals surface area contributed by atoms with E-state index in [4.69, 9.17) is 32.7 Å². The Hall–Kier alpha value is -8.58. The number of ether oxygens (including phenoxy) is 5. The van der Waals surface area contributed by atoms with Gasteiger partial charge in [-0.3, -0.25) is 28.9 Å². The lowest BCUT2D eigenvalue weighted by atomic mass is 9.88. The van der Waals surface area contributed by atoms with Crippen molar-refractivity contribution in [2.24, 2.45) is 17.8 Å². The Morgan fingerprint density at radius 3 is 1.37 bits per heavy atom. The van der Waals surface area contributed by atoms with Gasteiger partial charge in [0, 0.05) is 113 Å². The lowest BCUT2D eigenvalue weighted by molar-refractivity contribution is 0.0594. The van der Waals surface area contributed by atoms with Crippen molar-refractivity contribution >= 4 is 114 Å². The van der Waals surface area contributed by atoms with Gasteiger partial charge in [0.2, 0.25) is 0 Å². The number of hydrogen-bond donors (Lipinski definition) is 3. The number of aromatic nitrogens is 1. The lowest BCUT2D eigenvalue weighted by Gasteiger charge is -2.32. The Bertz CT molecular complexity index is 3730. The van der Waals surface area contributed by atoms with Crippen LogP contribution in [0.5, 0.6) is 5.75 Å². The summed E-state index contributed by atoms with van der Waals surface area (Å²) in [7, 11) is 0. The van der Waals surface area contributed by atoms with Crippen molar-refractivity contribution in [1.82, 2.24) is 35.6 Å². The summed E-state index contributed by atoms with van der Waals surface area (Å²) in [4.78, 5) is 117. The van der Waals surface area contributed by atoms with E-state index in [1.165, 1.54) is 5.56 Å². The van der Waals surface area contributed by atoms with Crippen molar-refractivity contribution in [2.75, 3.05) is 70.6 Å². The summed E-state index contributed by atoms with van der Waals surface area (Å²) in [5.41, 5.74) is 5.19. The highest BCUT2D eigenvalue weighted by molar-refractivity contribution is 9.10. The second-order valence-electron chi connectivity index (χ2n) is 26.2. The maximum atomic E-state index is 13.0. The van der Waals surface area contributed by atoms with Crippen molar-refractivity contribution in [2.45, 2.75) is 130 Å². The number of halogens is 4. The molecule has 3 N–H and O–H groups in total. The van der Waals surface area contributed by atoms with Gasteiger partial charge >= 0.3 is 24.4 Å². The normalized spacial score (nSPS) is 19.4. The lowest BCUT2D eigenvalue weighted by Crippen LogP contribution is -2.41. The second-order valence-corrected chi connectivity index (χ2v) is 28.8. The fourth-order valence-corrected chi connectivity index (χ4v) is 12.8. The molecule has 5 aromatic carbocycles. The highest BCUT2D eigenvalue weighted by Gasteiger charge is 2.37. The molecule has 6 aromatic rings. The zero-order chi connectivity index (χ0) is 74.1. The maximum Gasteiger partial charge on any atom is 0.414 e. The first-order valence-electron chi connectivity index (χ1n) is 34.9. The number of amides is 7. The van der Waals surface area contributed by atoms with Gasteiger partial charge in [0.05, 0.1) is 29.7 Å². The first kappa shape index (κ1) is 80.1. The Balaban J connectivity index is 0.000000170. The molecule has 4 atom stereocenters. The molecule has 0 spiro atoms. The van der Waals surface area contributed by atoms with Crippen LogP contribution in [-0.2, 0) is 18.9 Å². The van der Waals surface area contributed by atoms with Crippen LogP contribution in [0.4, 0.5) is 24.9 Å². The van der Waals surface area contributed by atoms with Crippen LogP contribution < -0.4 is 25.6 Å². The fourth-order valence-electron chi connectivity index (χ4n) is 12.1. The van der Waals surface area contributed by atoms with Crippen LogP contribution in [-0.4, -0.2) is 169 Å². The summed E-state index contributed by atoms with van der Waals surface area (Å²) in [5.74, 6) is 1.31. The summed E-state index contributed by atoms with van der Waals surface area (Å²) in [6.45, 7) is 17.9. The van der Waals surface area contributed by atoms with Crippen LogP contribution >= 0.6 is 55.1 Å². The number of cyclic esters (lactones) is 4. The van der Waals surface area contributed by atoms with Gasteiger partial charge < -0.3 is 54.3 Å². The molecular formula is C77H90Br2Cl2N8O14.